The van der Waals surface area contributed by atoms with Gasteiger partial charge < -0.3 is 5.11 Å². The molecule has 0 aliphatic carbocycles. The summed E-state index contributed by atoms with van der Waals surface area (Å²) >= 11 is 0. The highest BCUT2D eigenvalue weighted by atomic mass is 19.4. The Bertz CT molecular complexity index is 647. The first kappa shape index (κ1) is 16.4. The van der Waals surface area contributed by atoms with E-state index in [9.17, 15) is 31.4 Å². The van der Waals surface area contributed by atoms with E-state index in [0.717, 1.165) is 24.3 Å². The van der Waals surface area contributed by atoms with Gasteiger partial charge in [0.2, 0.25) is 5.60 Å². The molecule has 0 saturated heterocycles. The zero-order valence-corrected chi connectivity index (χ0v) is 10.9. The maximum Gasteiger partial charge on any atom is 0.425 e. The minimum atomic E-state index is -5.32. The summed E-state index contributed by atoms with van der Waals surface area (Å²) in [5, 5.41) is 10.2. The molecule has 22 heavy (non-hydrogen) atoms. The maximum absolute atomic E-state index is 13.4. The Balaban J connectivity index is 2.79. The van der Waals surface area contributed by atoms with Gasteiger partial charge in [-0.1, -0.05) is 48.5 Å². The molecule has 118 valence electrons. The van der Waals surface area contributed by atoms with Crippen LogP contribution < -0.4 is 0 Å². The number of hydrogen-bond acceptors (Lipinski definition) is 1. The molecule has 1 atom stereocenters. The van der Waals surface area contributed by atoms with Crippen LogP contribution in [0, 0.1) is 0 Å². The average Bonchev–Trinajstić information content (AvgIpc) is 2.45. The molecule has 2 aromatic rings. The van der Waals surface area contributed by atoms with Crippen LogP contribution in [0.5, 0.6) is 0 Å². The zero-order valence-electron chi connectivity index (χ0n) is 10.9. The van der Waals surface area contributed by atoms with E-state index >= 15 is 0 Å². The lowest BCUT2D eigenvalue weighted by Crippen LogP contribution is -2.44. The number of benzene rings is 2. The van der Waals surface area contributed by atoms with Gasteiger partial charge in [0.05, 0.1) is 5.56 Å². The fourth-order valence-electron chi connectivity index (χ4n) is 2.20. The summed E-state index contributed by atoms with van der Waals surface area (Å²) in [6.45, 7) is 0. The smallest absolute Gasteiger partial charge is 0.372 e. The first-order chi connectivity index (χ1) is 10.1. The molecule has 0 aromatic heterocycles. The van der Waals surface area contributed by atoms with E-state index in [0.29, 0.717) is 12.1 Å². The van der Waals surface area contributed by atoms with E-state index in [1.165, 1.54) is 18.2 Å². The Kier molecular flexibility index (Phi) is 3.95. The van der Waals surface area contributed by atoms with Gasteiger partial charge in [0.15, 0.2) is 0 Å². The van der Waals surface area contributed by atoms with Gasteiger partial charge in [0, 0.05) is 5.56 Å². The van der Waals surface area contributed by atoms with Gasteiger partial charge in [-0.25, -0.2) is 0 Å². The summed E-state index contributed by atoms with van der Waals surface area (Å²) in [5.41, 5.74) is -7.21. The van der Waals surface area contributed by atoms with Gasteiger partial charge in [-0.05, 0) is 11.6 Å². The highest BCUT2D eigenvalue weighted by Crippen LogP contribution is 2.48. The molecule has 7 heteroatoms. The van der Waals surface area contributed by atoms with Gasteiger partial charge in [-0.2, -0.15) is 26.3 Å². The number of rotatable bonds is 2. The fourth-order valence-corrected chi connectivity index (χ4v) is 2.20. The van der Waals surface area contributed by atoms with Crippen LogP contribution in [0.4, 0.5) is 26.3 Å². The highest BCUT2D eigenvalue weighted by molar-refractivity contribution is 5.43. The second-order valence-electron chi connectivity index (χ2n) is 4.62. The van der Waals surface area contributed by atoms with E-state index < -0.39 is 34.6 Å². The van der Waals surface area contributed by atoms with Gasteiger partial charge >= 0.3 is 12.4 Å². The number of hydrogen-bond donors (Lipinski definition) is 1. The highest BCUT2D eigenvalue weighted by Gasteiger charge is 2.58. The summed E-state index contributed by atoms with van der Waals surface area (Å²) < 4.78 is 79.3. The molecule has 0 heterocycles. The molecule has 2 aromatic carbocycles. The molecule has 0 aliphatic heterocycles. The van der Waals surface area contributed by atoms with Crippen molar-refractivity contribution in [2.45, 2.75) is 18.0 Å². The third-order valence-electron chi connectivity index (χ3n) is 3.22. The van der Waals surface area contributed by atoms with Crippen LogP contribution in [0.3, 0.4) is 0 Å². The summed E-state index contributed by atoms with van der Waals surface area (Å²) in [6, 6.07) is 8.80. The predicted molar refractivity (Wildman–Crippen MR) is 66.9 cm³/mol. The van der Waals surface area contributed by atoms with Gasteiger partial charge in [0.25, 0.3) is 0 Å². The Hall–Kier alpha value is -2.02. The summed E-state index contributed by atoms with van der Waals surface area (Å²) in [5.74, 6) is 0. The number of aliphatic hydroxyl groups is 1. The molecule has 0 aliphatic rings. The minimum absolute atomic E-state index is 0.509. The van der Waals surface area contributed by atoms with Crippen molar-refractivity contribution in [3.8, 4) is 0 Å². The molecular weight excluding hydrogens is 310 g/mol. The first-order valence-corrected chi connectivity index (χ1v) is 6.10. The van der Waals surface area contributed by atoms with Crippen LogP contribution in [-0.4, -0.2) is 11.3 Å². The second-order valence-corrected chi connectivity index (χ2v) is 4.62. The molecule has 0 saturated carbocycles. The van der Waals surface area contributed by atoms with Crippen molar-refractivity contribution in [2.75, 3.05) is 0 Å². The maximum atomic E-state index is 13.4. The number of halogens is 6. The SMILES string of the molecule is OC(c1ccccc1)(c1ccccc1C(F)(F)F)C(F)(F)F. The van der Waals surface area contributed by atoms with E-state index in [2.05, 4.69) is 0 Å². The van der Waals surface area contributed by atoms with Gasteiger partial charge in [-0.15, -0.1) is 0 Å². The quantitative estimate of drug-likeness (QED) is 0.808. The molecule has 1 N–H and O–H groups in total. The largest absolute Gasteiger partial charge is 0.425 e. The van der Waals surface area contributed by atoms with Crippen molar-refractivity contribution in [3.05, 3.63) is 71.3 Å². The lowest BCUT2D eigenvalue weighted by molar-refractivity contribution is -0.250. The average molecular weight is 320 g/mol. The predicted octanol–water partition coefficient (Wildman–Crippen LogP) is 4.50. The summed E-state index contributed by atoms with van der Waals surface area (Å²) in [7, 11) is 0. The normalized spacial score (nSPS) is 15.4. The molecule has 0 amide bonds. The topological polar surface area (TPSA) is 20.2 Å². The fraction of sp³-hybridized carbons (Fsp3) is 0.200. The summed E-state index contributed by atoms with van der Waals surface area (Å²) in [6.07, 6.45) is -10.3. The third-order valence-corrected chi connectivity index (χ3v) is 3.22. The van der Waals surface area contributed by atoms with E-state index in [1.54, 1.807) is 0 Å². The molecule has 0 spiro atoms. The Morgan fingerprint density at radius 1 is 0.636 bits per heavy atom. The Morgan fingerprint density at radius 3 is 1.55 bits per heavy atom. The second kappa shape index (κ2) is 5.31. The van der Waals surface area contributed by atoms with Crippen LogP contribution in [0.15, 0.2) is 54.6 Å². The van der Waals surface area contributed by atoms with Gasteiger partial charge in [-0.3, -0.25) is 0 Å². The van der Waals surface area contributed by atoms with E-state index in [1.807, 2.05) is 0 Å². The standard InChI is InChI=1S/C15H10F6O/c16-14(17,18)12-9-5-4-8-11(12)13(22,15(19,20)21)10-6-2-1-3-7-10/h1-9,22H. The third kappa shape index (κ3) is 2.68. The van der Waals surface area contributed by atoms with E-state index in [4.69, 9.17) is 0 Å². The minimum Gasteiger partial charge on any atom is -0.372 e. The van der Waals surface area contributed by atoms with Gasteiger partial charge in [0.1, 0.15) is 0 Å². The van der Waals surface area contributed by atoms with Crippen LogP contribution in [-0.2, 0) is 11.8 Å². The molecule has 1 nitrogen and oxygen atoms in total. The van der Waals surface area contributed by atoms with Crippen molar-refractivity contribution in [1.29, 1.82) is 0 Å². The monoisotopic (exact) mass is 320 g/mol. The number of alkyl halides is 6. The Morgan fingerprint density at radius 2 is 1.09 bits per heavy atom. The van der Waals surface area contributed by atoms with Crippen molar-refractivity contribution >= 4 is 0 Å². The van der Waals surface area contributed by atoms with Crippen molar-refractivity contribution in [3.63, 3.8) is 0 Å². The van der Waals surface area contributed by atoms with Crippen LogP contribution in [0.1, 0.15) is 16.7 Å². The zero-order chi connectivity index (χ0) is 16.6. The Labute approximate surface area is 121 Å². The molecule has 0 fully saturated rings. The molecule has 0 bridgehead atoms. The van der Waals surface area contributed by atoms with Crippen molar-refractivity contribution in [1.82, 2.24) is 0 Å². The van der Waals surface area contributed by atoms with Crippen molar-refractivity contribution in [2.24, 2.45) is 0 Å². The van der Waals surface area contributed by atoms with Crippen LogP contribution in [0.25, 0.3) is 0 Å². The van der Waals surface area contributed by atoms with Crippen molar-refractivity contribution < 1.29 is 31.4 Å². The van der Waals surface area contributed by atoms with Crippen LogP contribution in [0.2, 0.25) is 0 Å². The lowest BCUT2D eigenvalue weighted by Gasteiger charge is -2.33. The molecular formula is C15H10F6O. The van der Waals surface area contributed by atoms with Crippen LogP contribution >= 0.6 is 0 Å². The summed E-state index contributed by atoms with van der Waals surface area (Å²) in [4.78, 5) is 0. The van der Waals surface area contributed by atoms with E-state index in [-0.39, 0.29) is 0 Å². The first-order valence-electron chi connectivity index (χ1n) is 6.10. The molecule has 1 unspecified atom stereocenters. The molecule has 0 radical (unpaired) electrons. The lowest BCUT2D eigenvalue weighted by atomic mass is 9.83. The molecule has 2 rings (SSSR count).